The molecule has 0 aliphatic heterocycles. The van der Waals surface area contributed by atoms with Crippen LogP contribution in [0.4, 0.5) is 0 Å². The fraction of sp³-hybridized carbons (Fsp3) is 0.0294. The van der Waals surface area contributed by atoms with E-state index < -0.39 is 5.41 Å². The first-order valence-corrected chi connectivity index (χ1v) is 12.9. The average molecular weight is 485 g/mol. The lowest BCUT2D eigenvalue weighted by atomic mass is 9.71. The minimum atomic E-state index is -0.413. The first-order valence-electron chi connectivity index (χ1n) is 12.9. The number of fused-ring (bicyclic) bond motifs is 13. The Balaban J connectivity index is 1.43. The second-order valence-electron chi connectivity index (χ2n) is 10.1. The summed E-state index contributed by atoms with van der Waals surface area (Å²) in [5.41, 5.74) is 13.0. The van der Waals surface area contributed by atoms with Crippen LogP contribution >= 0.6 is 0 Å². The van der Waals surface area contributed by atoms with Crippen molar-refractivity contribution in [1.82, 2.24) is 19.5 Å². The molecule has 0 unspecified atom stereocenters. The number of benzene rings is 3. The van der Waals surface area contributed by atoms with Gasteiger partial charge in [0.25, 0.3) is 0 Å². The molecule has 0 atom stereocenters. The standard InChI is InChI=1S/C34H20N4/c1-3-8-27-22(6-1)23-7-2-4-9-28(23)34(27)29-10-5-15-37-33(29)24-12-11-21(18-30(24)34)38-31-13-16-35-19-25(31)26-20-36-17-14-32(26)38/h1-20H. The number of hydrogen-bond acceptors (Lipinski definition) is 3. The quantitative estimate of drug-likeness (QED) is 0.245. The van der Waals surface area contributed by atoms with Crippen molar-refractivity contribution in [2.75, 3.05) is 0 Å². The lowest BCUT2D eigenvalue weighted by molar-refractivity contribution is 0.790. The summed E-state index contributed by atoms with van der Waals surface area (Å²) in [6.45, 7) is 0. The lowest BCUT2D eigenvalue weighted by Crippen LogP contribution is -2.26. The van der Waals surface area contributed by atoms with Crippen LogP contribution in [0.2, 0.25) is 0 Å². The van der Waals surface area contributed by atoms with Gasteiger partial charge in [0.1, 0.15) is 0 Å². The smallest absolute Gasteiger partial charge is 0.0753 e. The van der Waals surface area contributed by atoms with Gasteiger partial charge in [-0.15, -0.1) is 0 Å². The Morgan fingerprint density at radius 3 is 1.84 bits per heavy atom. The van der Waals surface area contributed by atoms with E-state index in [0.29, 0.717) is 0 Å². The van der Waals surface area contributed by atoms with Crippen LogP contribution in [-0.2, 0) is 5.41 Å². The van der Waals surface area contributed by atoms with Crippen molar-refractivity contribution >= 4 is 21.8 Å². The van der Waals surface area contributed by atoms with Gasteiger partial charge in [-0.25, -0.2) is 0 Å². The summed E-state index contributed by atoms with van der Waals surface area (Å²) >= 11 is 0. The third-order valence-electron chi connectivity index (χ3n) is 8.45. The monoisotopic (exact) mass is 484 g/mol. The molecule has 4 heteroatoms. The molecule has 3 aromatic carbocycles. The van der Waals surface area contributed by atoms with Crippen molar-refractivity contribution in [1.29, 1.82) is 0 Å². The molecule has 0 saturated carbocycles. The minimum Gasteiger partial charge on any atom is -0.309 e. The zero-order valence-electron chi connectivity index (χ0n) is 20.3. The Labute approximate surface area is 218 Å². The Kier molecular flexibility index (Phi) is 3.70. The summed E-state index contributed by atoms with van der Waals surface area (Å²) in [5, 5.41) is 2.21. The lowest BCUT2D eigenvalue weighted by Gasteiger charge is -2.30. The summed E-state index contributed by atoms with van der Waals surface area (Å²) < 4.78 is 2.34. The summed E-state index contributed by atoms with van der Waals surface area (Å²) in [4.78, 5) is 13.8. The molecule has 0 bridgehead atoms. The maximum absolute atomic E-state index is 4.93. The Morgan fingerprint density at radius 1 is 0.526 bits per heavy atom. The van der Waals surface area contributed by atoms with Crippen LogP contribution in [0.1, 0.15) is 22.3 Å². The van der Waals surface area contributed by atoms with Gasteiger partial charge in [-0.2, -0.15) is 0 Å². The van der Waals surface area contributed by atoms with Crippen molar-refractivity contribution in [3.63, 3.8) is 0 Å². The molecule has 9 rings (SSSR count). The number of hydrogen-bond donors (Lipinski definition) is 0. The van der Waals surface area contributed by atoms with E-state index in [1.54, 1.807) is 0 Å². The zero-order chi connectivity index (χ0) is 24.8. The van der Waals surface area contributed by atoms with E-state index >= 15 is 0 Å². The highest BCUT2D eigenvalue weighted by molar-refractivity contribution is 6.08. The minimum absolute atomic E-state index is 0.413. The van der Waals surface area contributed by atoms with Gasteiger partial charge < -0.3 is 4.57 Å². The summed E-state index contributed by atoms with van der Waals surface area (Å²) in [6, 6.07) is 33.1. The van der Waals surface area contributed by atoms with E-state index in [0.717, 1.165) is 33.2 Å². The maximum Gasteiger partial charge on any atom is 0.0753 e. The van der Waals surface area contributed by atoms with Crippen molar-refractivity contribution in [3.8, 4) is 28.1 Å². The van der Waals surface area contributed by atoms with Crippen LogP contribution in [0, 0.1) is 0 Å². The average Bonchev–Trinajstić information content (AvgIpc) is 3.59. The van der Waals surface area contributed by atoms with Gasteiger partial charge in [0.05, 0.1) is 22.1 Å². The number of rotatable bonds is 1. The molecule has 2 aliphatic carbocycles. The number of pyridine rings is 3. The first kappa shape index (κ1) is 20.0. The van der Waals surface area contributed by atoms with Crippen molar-refractivity contribution in [3.05, 3.63) is 144 Å². The molecule has 4 aromatic heterocycles. The normalized spacial score (nSPS) is 14.0. The fourth-order valence-electron chi connectivity index (χ4n) is 7.06. The predicted molar refractivity (Wildman–Crippen MR) is 150 cm³/mol. The van der Waals surface area contributed by atoms with E-state index in [4.69, 9.17) is 4.98 Å². The van der Waals surface area contributed by atoms with Crippen LogP contribution in [0.5, 0.6) is 0 Å². The highest BCUT2D eigenvalue weighted by Crippen LogP contribution is 2.62. The molecule has 0 radical (unpaired) electrons. The van der Waals surface area contributed by atoms with Gasteiger partial charge in [-0.05, 0) is 63.7 Å². The van der Waals surface area contributed by atoms with E-state index in [9.17, 15) is 0 Å². The van der Waals surface area contributed by atoms with Gasteiger partial charge >= 0.3 is 0 Å². The molecule has 0 N–H and O–H groups in total. The second-order valence-corrected chi connectivity index (χ2v) is 10.1. The van der Waals surface area contributed by atoms with Gasteiger partial charge in [-0.1, -0.05) is 60.7 Å². The molecular weight excluding hydrogens is 464 g/mol. The third-order valence-corrected chi connectivity index (χ3v) is 8.45. The predicted octanol–water partition coefficient (Wildman–Crippen LogP) is 7.31. The fourth-order valence-corrected chi connectivity index (χ4v) is 7.06. The molecule has 1 spiro atoms. The van der Waals surface area contributed by atoms with Crippen molar-refractivity contribution < 1.29 is 0 Å². The summed E-state index contributed by atoms with van der Waals surface area (Å²) in [5.74, 6) is 0. The molecule has 0 amide bonds. The van der Waals surface area contributed by atoms with Gasteiger partial charge in [0, 0.05) is 53.0 Å². The zero-order valence-corrected chi connectivity index (χ0v) is 20.3. The van der Waals surface area contributed by atoms with E-state index in [-0.39, 0.29) is 0 Å². The van der Waals surface area contributed by atoms with Crippen LogP contribution < -0.4 is 0 Å². The van der Waals surface area contributed by atoms with Gasteiger partial charge in [-0.3, -0.25) is 15.0 Å². The largest absolute Gasteiger partial charge is 0.309 e. The van der Waals surface area contributed by atoms with E-state index in [1.807, 2.05) is 31.0 Å². The molecule has 176 valence electrons. The molecule has 38 heavy (non-hydrogen) atoms. The van der Waals surface area contributed by atoms with Crippen LogP contribution in [0.3, 0.4) is 0 Å². The highest BCUT2D eigenvalue weighted by atomic mass is 15.0. The molecule has 4 nitrogen and oxygen atoms in total. The van der Waals surface area contributed by atoms with Crippen LogP contribution in [0.25, 0.3) is 49.9 Å². The first-order chi connectivity index (χ1) is 18.9. The molecule has 4 heterocycles. The molecular formula is C34H20N4. The van der Waals surface area contributed by atoms with E-state index in [2.05, 4.69) is 106 Å². The SMILES string of the molecule is c1ccc2c(c1)-c1ccccc1C21c2cc(-n3c4ccncc4c4cnccc43)ccc2-c2ncccc21. The summed E-state index contributed by atoms with van der Waals surface area (Å²) in [7, 11) is 0. The second kappa shape index (κ2) is 7.02. The van der Waals surface area contributed by atoms with Gasteiger partial charge in [0.15, 0.2) is 0 Å². The van der Waals surface area contributed by atoms with Crippen molar-refractivity contribution in [2.24, 2.45) is 0 Å². The van der Waals surface area contributed by atoms with Crippen molar-refractivity contribution in [2.45, 2.75) is 5.41 Å². The van der Waals surface area contributed by atoms with Gasteiger partial charge in [0.2, 0.25) is 0 Å². The van der Waals surface area contributed by atoms with Crippen LogP contribution in [-0.4, -0.2) is 19.5 Å². The third kappa shape index (κ3) is 2.25. The topological polar surface area (TPSA) is 43.6 Å². The maximum atomic E-state index is 4.93. The van der Waals surface area contributed by atoms with E-state index in [1.165, 1.54) is 38.9 Å². The van der Waals surface area contributed by atoms with Crippen LogP contribution in [0.15, 0.2) is 122 Å². The Morgan fingerprint density at radius 2 is 1.16 bits per heavy atom. The highest BCUT2D eigenvalue weighted by Gasteiger charge is 2.52. The Hall–Kier alpha value is -5.09. The molecule has 0 saturated heterocycles. The molecule has 2 aliphatic rings. The Bertz CT molecular complexity index is 1990. The number of nitrogens with zero attached hydrogens (tertiary/aromatic N) is 4. The molecule has 7 aromatic rings. The molecule has 0 fully saturated rings. The number of aromatic nitrogens is 4. The summed E-state index contributed by atoms with van der Waals surface area (Å²) in [6.07, 6.45) is 9.52.